The first-order chi connectivity index (χ1) is 10.4. The lowest BCUT2D eigenvalue weighted by Gasteiger charge is -2.13. The van der Waals surface area contributed by atoms with Crippen LogP contribution in [0.5, 0.6) is 0 Å². The molecule has 7 nitrogen and oxygen atoms in total. The zero-order valence-corrected chi connectivity index (χ0v) is 13.5. The van der Waals surface area contributed by atoms with Crippen molar-refractivity contribution in [3.63, 3.8) is 0 Å². The maximum Gasteiger partial charge on any atom is 0.211 e. The third-order valence-electron chi connectivity index (χ3n) is 4.00. The van der Waals surface area contributed by atoms with Crippen molar-refractivity contribution < 1.29 is 8.42 Å². The molecule has 0 bridgehead atoms. The molecule has 118 valence electrons. The quantitative estimate of drug-likeness (QED) is 0.828. The molecule has 3 rings (SSSR count). The summed E-state index contributed by atoms with van der Waals surface area (Å²) >= 11 is 0. The Morgan fingerprint density at radius 3 is 2.68 bits per heavy atom. The first kappa shape index (κ1) is 15.1. The van der Waals surface area contributed by atoms with Crippen LogP contribution in [0.2, 0.25) is 0 Å². The Labute approximate surface area is 130 Å². The van der Waals surface area contributed by atoms with Crippen LogP contribution in [0.4, 0.5) is 0 Å². The van der Waals surface area contributed by atoms with Crippen molar-refractivity contribution in [1.82, 2.24) is 24.1 Å². The van der Waals surface area contributed by atoms with E-state index >= 15 is 0 Å². The van der Waals surface area contributed by atoms with Crippen molar-refractivity contribution in [3.8, 4) is 11.4 Å². The van der Waals surface area contributed by atoms with Crippen molar-refractivity contribution in [1.29, 1.82) is 0 Å². The topological polar surface area (TPSA) is 81.0 Å². The van der Waals surface area contributed by atoms with Crippen LogP contribution in [0.3, 0.4) is 0 Å². The van der Waals surface area contributed by atoms with Gasteiger partial charge in [-0.15, -0.1) is 0 Å². The van der Waals surface area contributed by atoms with E-state index in [1.807, 2.05) is 13.1 Å². The molecule has 8 heteroatoms. The van der Waals surface area contributed by atoms with Gasteiger partial charge in [0, 0.05) is 32.5 Å². The SMILES string of the molecule is Cn1nccc1-c1cnc(C[C@H]2CCN(S(C)(=O)=O)C2)cn1. The van der Waals surface area contributed by atoms with Crippen molar-refractivity contribution in [2.24, 2.45) is 13.0 Å². The standard InChI is InChI=1S/C14H19N5O2S/c1-18-14(3-5-17-18)13-9-15-12(8-16-13)7-11-4-6-19(10-11)22(2,20)21/h3,5,8-9,11H,4,6-7,10H2,1-2H3/t11-/m1/s1. The second-order valence-corrected chi connectivity index (χ2v) is 7.70. The number of aryl methyl sites for hydroxylation is 1. The molecule has 0 aliphatic carbocycles. The highest BCUT2D eigenvalue weighted by Crippen LogP contribution is 2.22. The average Bonchev–Trinajstić information content (AvgIpc) is 3.08. The number of sulfonamides is 1. The van der Waals surface area contributed by atoms with Gasteiger partial charge in [0.05, 0.1) is 23.8 Å². The van der Waals surface area contributed by atoms with Gasteiger partial charge in [0.2, 0.25) is 10.0 Å². The van der Waals surface area contributed by atoms with E-state index in [0.29, 0.717) is 19.0 Å². The van der Waals surface area contributed by atoms with Gasteiger partial charge in [0.15, 0.2) is 0 Å². The van der Waals surface area contributed by atoms with Gasteiger partial charge in [-0.1, -0.05) is 0 Å². The highest BCUT2D eigenvalue weighted by atomic mass is 32.2. The molecular formula is C14H19N5O2S. The van der Waals surface area contributed by atoms with Gasteiger partial charge >= 0.3 is 0 Å². The highest BCUT2D eigenvalue weighted by Gasteiger charge is 2.28. The molecule has 1 fully saturated rings. The van der Waals surface area contributed by atoms with Gasteiger partial charge in [0.1, 0.15) is 5.69 Å². The Hall–Kier alpha value is -1.80. The minimum absolute atomic E-state index is 0.312. The van der Waals surface area contributed by atoms with Crippen molar-refractivity contribution in [2.45, 2.75) is 12.8 Å². The fourth-order valence-corrected chi connectivity index (χ4v) is 3.70. The lowest BCUT2D eigenvalue weighted by Crippen LogP contribution is -2.27. The van der Waals surface area contributed by atoms with Crippen molar-refractivity contribution >= 4 is 10.0 Å². The molecule has 1 aliphatic heterocycles. The minimum atomic E-state index is -3.08. The van der Waals surface area contributed by atoms with Crippen LogP contribution in [-0.4, -0.2) is 51.8 Å². The number of rotatable bonds is 4. The van der Waals surface area contributed by atoms with Crippen LogP contribution in [0.1, 0.15) is 12.1 Å². The van der Waals surface area contributed by atoms with Crippen LogP contribution in [0, 0.1) is 5.92 Å². The number of hydrogen-bond acceptors (Lipinski definition) is 5. The van der Waals surface area contributed by atoms with Crippen molar-refractivity contribution in [2.75, 3.05) is 19.3 Å². The highest BCUT2D eigenvalue weighted by molar-refractivity contribution is 7.88. The third-order valence-corrected chi connectivity index (χ3v) is 5.27. The van der Waals surface area contributed by atoms with Crippen LogP contribution in [0.15, 0.2) is 24.7 Å². The van der Waals surface area contributed by atoms with E-state index in [1.165, 1.54) is 10.6 Å². The molecule has 0 N–H and O–H groups in total. The molecule has 0 spiro atoms. The van der Waals surface area contributed by atoms with E-state index in [-0.39, 0.29) is 0 Å². The van der Waals surface area contributed by atoms with Gasteiger partial charge in [-0.05, 0) is 24.8 Å². The lowest BCUT2D eigenvalue weighted by molar-refractivity contribution is 0.459. The summed E-state index contributed by atoms with van der Waals surface area (Å²) in [5, 5.41) is 4.12. The van der Waals surface area contributed by atoms with E-state index in [0.717, 1.165) is 29.9 Å². The molecule has 0 aromatic carbocycles. The van der Waals surface area contributed by atoms with Crippen LogP contribution in [0.25, 0.3) is 11.4 Å². The predicted molar refractivity (Wildman–Crippen MR) is 82.5 cm³/mol. The summed E-state index contributed by atoms with van der Waals surface area (Å²) in [6, 6.07) is 1.89. The van der Waals surface area contributed by atoms with Crippen LogP contribution >= 0.6 is 0 Å². The summed E-state index contributed by atoms with van der Waals surface area (Å²) in [5.41, 5.74) is 2.60. The first-order valence-electron chi connectivity index (χ1n) is 7.18. The molecule has 3 heterocycles. The zero-order chi connectivity index (χ0) is 15.7. The second kappa shape index (κ2) is 5.77. The Morgan fingerprint density at radius 1 is 1.32 bits per heavy atom. The van der Waals surface area contributed by atoms with Crippen molar-refractivity contribution in [3.05, 3.63) is 30.4 Å². The Kier molecular flexibility index (Phi) is 3.96. The third kappa shape index (κ3) is 3.17. The number of nitrogens with zero attached hydrogens (tertiary/aromatic N) is 5. The summed E-state index contributed by atoms with van der Waals surface area (Å²) in [7, 11) is -1.22. The summed E-state index contributed by atoms with van der Waals surface area (Å²) < 4.78 is 26.3. The Bertz CT molecular complexity index is 754. The molecular weight excluding hydrogens is 302 g/mol. The van der Waals surface area contributed by atoms with Crippen LogP contribution < -0.4 is 0 Å². The minimum Gasteiger partial charge on any atom is -0.266 e. The Balaban J connectivity index is 1.66. The molecule has 1 aliphatic rings. The maximum absolute atomic E-state index is 11.5. The molecule has 0 unspecified atom stereocenters. The number of hydrogen-bond donors (Lipinski definition) is 0. The van der Waals surface area contributed by atoms with E-state index in [1.54, 1.807) is 23.3 Å². The average molecular weight is 321 g/mol. The number of aromatic nitrogens is 4. The monoisotopic (exact) mass is 321 g/mol. The van der Waals surface area contributed by atoms with Gasteiger partial charge in [-0.3, -0.25) is 14.6 Å². The van der Waals surface area contributed by atoms with Gasteiger partial charge < -0.3 is 0 Å². The molecule has 0 saturated carbocycles. The molecule has 1 atom stereocenters. The summed E-state index contributed by atoms with van der Waals surface area (Å²) in [6.45, 7) is 1.17. The summed E-state index contributed by atoms with van der Waals surface area (Å²) in [4.78, 5) is 8.89. The molecule has 2 aromatic heterocycles. The zero-order valence-electron chi connectivity index (χ0n) is 12.7. The van der Waals surface area contributed by atoms with Gasteiger partial charge in [-0.25, -0.2) is 12.7 Å². The fourth-order valence-electron chi connectivity index (χ4n) is 2.78. The predicted octanol–water partition coefficient (Wildman–Crippen LogP) is 0.701. The molecule has 0 amide bonds. The first-order valence-corrected chi connectivity index (χ1v) is 9.03. The van der Waals surface area contributed by atoms with E-state index in [9.17, 15) is 8.42 Å². The smallest absolute Gasteiger partial charge is 0.211 e. The maximum atomic E-state index is 11.5. The van der Waals surface area contributed by atoms with E-state index < -0.39 is 10.0 Å². The van der Waals surface area contributed by atoms with Crippen LogP contribution in [-0.2, 0) is 23.5 Å². The van der Waals surface area contributed by atoms with E-state index in [4.69, 9.17) is 0 Å². The van der Waals surface area contributed by atoms with Gasteiger partial charge in [0.25, 0.3) is 0 Å². The Morgan fingerprint density at radius 2 is 2.14 bits per heavy atom. The van der Waals surface area contributed by atoms with E-state index in [2.05, 4.69) is 15.1 Å². The normalized spacial score (nSPS) is 19.6. The molecule has 1 saturated heterocycles. The molecule has 22 heavy (non-hydrogen) atoms. The van der Waals surface area contributed by atoms with Gasteiger partial charge in [-0.2, -0.15) is 5.10 Å². The largest absolute Gasteiger partial charge is 0.266 e. The molecule has 2 aromatic rings. The summed E-state index contributed by atoms with van der Waals surface area (Å²) in [5.74, 6) is 0.312. The summed E-state index contributed by atoms with van der Waals surface area (Å²) in [6.07, 6.45) is 8.13. The second-order valence-electron chi connectivity index (χ2n) is 5.71. The molecule has 0 radical (unpaired) electrons. The fraction of sp³-hybridized carbons (Fsp3) is 0.500. The lowest BCUT2D eigenvalue weighted by atomic mass is 10.0.